The molecule has 0 spiro atoms. The smallest absolute Gasteiger partial charge is 0.273 e. The lowest BCUT2D eigenvalue weighted by Crippen LogP contribution is -2.31. The molecule has 0 aliphatic carbocycles. The molecule has 6 heteroatoms. The van der Waals surface area contributed by atoms with Crippen molar-refractivity contribution in [2.24, 2.45) is 0 Å². The Kier molecular flexibility index (Phi) is 3.59. The molecule has 0 heterocycles. The Hall–Kier alpha value is -1.01. The third kappa shape index (κ3) is 2.32. The monoisotopic (exact) mass is 264 g/mol. The summed E-state index contributed by atoms with van der Waals surface area (Å²) < 4.78 is 52.9. The van der Waals surface area contributed by atoms with Crippen molar-refractivity contribution in [1.82, 2.24) is 0 Å². The Bertz CT molecular complexity index is 536. The van der Waals surface area contributed by atoms with Crippen molar-refractivity contribution < 1.29 is 21.4 Å². The van der Waals surface area contributed by atoms with E-state index in [1.165, 1.54) is 26.8 Å². The number of aryl methyl sites for hydroxylation is 1. The lowest BCUT2D eigenvalue weighted by atomic mass is 9.99. The summed E-state index contributed by atoms with van der Waals surface area (Å²) in [6.45, 7) is 4.05. The number of hydrogen-bond donors (Lipinski definition) is 0. The first-order chi connectivity index (χ1) is 7.63. The van der Waals surface area contributed by atoms with Crippen LogP contribution in [0.25, 0.3) is 0 Å². The molecule has 0 saturated heterocycles. The van der Waals surface area contributed by atoms with Crippen LogP contribution >= 0.6 is 0 Å². The minimum atomic E-state index is -3.97. The highest BCUT2D eigenvalue weighted by Crippen LogP contribution is 2.33. The van der Waals surface area contributed by atoms with Gasteiger partial charge in [0.15, 0.2) is 0 Å². The van der Waals surface area contributed by atoms with Gasteiger partial charge < -0.3 is 0 Å². The molecule has 0 amide bonds. The number of benzene rings is 1. The van der Waals surface area contributed by atoms with E-state index in [1.807, 2.05) is 0 Å². The van der Waals surface area contributed by atoms with E-state index in [2.05, 4.69) is 4.18 Å². The second-order valence-corrected chi connectivity index (χ2v) is 6.47. The van der Waals surface area contributed by atoms with Gasteiger partial charge in [-0.2, -0.15) is 8.42 Å². The summed E-state index contributed by atoms with van der Waals surface area (Å²) >= 11 is 0. The van der Waals surface area contributed by atoms with E-state index in [1.54, 1.807) is 0 Å². The third-order valence-corrected chi connectivity index (χ3v) is 4.65. The number of rotatable bonds is 3. The van der Waals surface area contributed by atoms with Crippen LogP contribution < -0.4 is 0 Å². The molecular weight excluding hydrogens is 250 g/mol. The van der Waals surface area contributed by atoms with Gasteiger partial charge in [-0.1, -0.05) is 0 Å². The maximum atomic E-state index is 13.6. The van der Waals surface area contributed by atoms with Gasteiger partial charge in [0.2, 0.25) is 0 Å². The maximum absolute atomic E-state index is 13.6. The SMILES string of the molecule is COS(=O)(=O)C(C)(C)c1cc(C)c(F)cc1F. The molecule has 3 nitrogen and oxygen atoms in total. The highest BCUT2D eigenvalue weighted by molar-refractivity contribution is 7.87. The molecule has 0 aromatic heterocycles. The zero-order chi connectivity index (χ0) is 13.4. The Balaban J connectivity index is 3.49. The van der Waals surface area contributed by atoms with E-state index >= 15 is 0 Å². The van der Waals surface area contributed by atoms with E-state index in [9.17, 15) is 17.2 Å². The largest absolute Gasteiger partial charge is 0.276 e. The van der Waals surface area contributed by atoms with Gasteiger partial charge in [0.05, 0.1) is 7.11 Å². The highest BCUT2D eigenvalue weighted by Gasteiger charge is 2.39. The van der Waals surface area contributed by atoms with Crippen LogP contribution in [-0.4, -0.2) is 15.5 Å². The molecule has 0 fully saturated rings. The Morgan fingerprint density at radius 2 is 1.71 bits per heavy atom. The van der Waals surface area contributed by atoms with E-state index in [0.29, 0.717) is 6.07 Å². The molecular formula is C11H14F2O3S. The van der Waals surface area contributed by atoms with Crippen LogP contribution in [0.4, 0.5) is 8.78 Å². The van der Waals surface area contributed by atoms with Crippen molar-refractivity contribution in [3.8, 4) is 0 Å². The van der Waals surface area contributed by atoms with Gasteiger partial charge in [-0.05, 0) is 32.4 Å². The molecule has 96 valence electrons. The van der Waals surface area contributed by atoms with Crippen LogP contribution in [0.2, 0.25) is 0 Å². The fourth-order valence-electron chi connectivity index (χ4n) is 1.46. The van der Waals surface area contributed by atoms with Crippen LogP contribution in [0.15, 0.2) is 12.1 Å². The molecule has 1 aromatic rings. The van der Waals surface area contributed by atoms with Crippen molar-refractivity contribution in [2.45, 2.75) is 25.5 Å². The first-order valence-corrected chi connectivity index (χ1v) is 6.30. The number of halogens is 2. The second-order valence-electron chi connectivity index (χ2n) is 4.21. The predicted molar refractivity (Wildman–Crippen MR) is 60.0 cm³/mol. The Morgan fingerprint density at radius 3 is 2.18 bits per heavy atom. The quantitative estimate of drug-likeness (QED) is 0.788. The molecule has 0 N–H and O–H groups in total. The molecule has 0 saturated carbocycles. The van der Waals surface area contributed by atoms with E-state index < -0.39 is 26.5 Å². The van der Waals surface area contributed by atoms with Crippen molar-refractivity contribution in [2.75, 3.05) is 7.11 Å². The summed E-state index contributed by atoms with van der Waals surface area (Å²) in [6.07, 6.45) is 0. The van der Waals surface area contributed by atoms with Crippen LogP contribution in [0.3, 0.4) is 0 Å². The van der Waals surface area contributed by atoms with E-state index in [0.717, 1.165) is 7.11 Å². The molecule has 0 atom stereocenters. The second kappa shape index (κ2) is 4.34. The standard InChI is InChI=1S/C11H14F2O3S/c1-7-5-8(10(13)6-9(7)12)11(2,3)17(14,15)16-4/h5-6H,1-4H3. The van der Waals surface area contributed by atoms with Gasteiger partial charge >= 0.3 is 0 Å². The molecule has 0 radical (unpaired) electrons. The fourth-order valence-corrected chi connectivity index (χ4v) is 2.30. The van der Waals surface area contributed by atoms with Gasteiger partial charge in [0.25, 0.3) is 10.1 Å². The minimum absolute atomic E-state index is 0.113. The first-order valence-electron chi connectivity index (χ1n) is 4.90. The molecule has 17 heavy (non-hydrogen) atoms. The van der Waals surface area contributed by atoms with Crippen LogP contribution in [-0.2, 0) is 19.0 Å². The summed E-state index contributed by atoms with van der Waals surface area (Å²) in [5.74, 6) is -1.62. The summed E-state index contributed by atoms with van der Waals surface area (Å²) in [5, 5.41) is 0. The van der Waals surface area contributed by atoms with Gasteiger partial charge in [-0.15, -0.1) is 0 Å². The minimum Gasteiger partial charge on any atom is -0.273 e. The molecule has 0 bridgehead atoms. The first kappa shape index (κ1) is 14.1. The zero-order valence-electron chi connectivity index (χ0n) is 10.0. The van der Waals surface area contributed by atoms with Crippen molar-refractivity contribution >= 4 is 10.1 Å². The Labute approximate surface area is 99.5 Å². The van der Waals surface area contributed by atoms with Crippen LogP contribution in [0.1, 0.15) is 25.0 Å². The summed E-state index contributed by atoms with van der Waals surface area (Å²) in [7, 11) is -2.96. The maximum Gasteiger partial charge on any atom is 0.276 e. The van der Waals surface area contributed by atoms with Crippen molar-refractivity contribution in [1.29, 1.82) is 0 Å². The third-order valence-electron chi connectivity index (χ3n) is 2.74. The molecule has 0 aliphatic heterocycles. The highest BCUT2D eigenvalue weighted by atomic mass is 32.2. The topological polar surface area (TPSA) is 43.4 Å². The van der Waals surface area contributed by atoms with Crippen LogP contribution in [0.5, 0.6) is 0 Å². The molecule has 0 aliphatic rings. The van der Waals surface area contributed by atoms with E-state index in [-0.39, 0.29) is 11.1 Å². The summed E-state index contributed by atoms with van der Waals surface area (Å²) in [6, 6.07) is 1.86. The average Bonchev–Trinajstić information content (AvgIpc) is 2.22. The Morgan fingerprint density at radius 1 is 1.18 bits per heavy atom. The predicted octanol–water partition coefficient (Wildman–Crippen LogP) is 2.48. The van der Waals surface area contributed by atoms with Gasteiger partial charge in [-0.3, -0.25) is 4.18 Å². The van der Waals surface area contributed by atoms with Gasteiger partial charge in [0, 0.05) is 11.6 Å². The lowest BCUT2D eigenvalue weighted by molar-refractivity contribution is 0.369. The summed E-state index contributed by atoms with van der Waals surface area (Å²) in [4.78, 5) is 0. The van der Waals surface area contributed by atoms with Crippen LogP contribution in [0, 0.1) is 18.6 Å². The van der Waals surface area contributed by atoms with E-state index in [4.69, 9.17) is 0 Å². The van der Waals surface area contributed by atoms with Crippen molar-refractivity contribution in [3.05, 3.63) is 34.9 Å². The summed E-state index contributed by atoms with van der Waals surface area (Å²) in [5.41, 5.74) is 0.0685. The molecule has 1 aromatic carbocycles. The molecule has 0 unspecified atom stereocenters. The zero-order valence-corrected chi connectivity index (χ0v) is 10.9. The fraction of sp³-hybridized carbons (Fsp3) is 0.455. The average molecular weight is 264 g/mol. The van der Waals surface area contributed by atoms with Crippen molar-refractivity contribution in [3.63, 3.8) is 0 Å². The normalized spacial score (nSPS) is 12.8. The molecule has 1 rings (SSSR count). The van der Waals surface area contributed by atoms with Gasteiger partial charge in [0.1, 0.15) is 16.4 Å². The van der Waals surface area contributed by atoms with Gasteiger partial charge in [-0.25, -0.2) is 8.78 Å². The lowest BCUT2D eigenvalue weighted by Gasteiger charge is -2.24. The number of hydrogen-bond acceptors (Lipinski definition) is 3.